The number of hydrogen-bond donors (Lipinski definition) is 2. The summed E-state index contributed by atoms with van der Waals surface area (Å²) in [5.41, 5.74) is 0. The second-order valence-electron chi connectivity index (χ2n) is 7.15. The smallest absolute Gasteiger partial charge is 0.414 e. The Kier molecular flexibility index (Phi) is 12.8. The summed E-state index contributed by atoms with van der Waals surface area (Å²) in [5.74, 6) is -2.32. The summed E-state index contributed by atoms with van der Waals surface area (Å²) < 4.78 is 11.6. The molecule has 1 heterocycles. The van der Waals surface area contributed by atoms with E-state index in [1.807, 2.05) is 13.2 Å². The number of carbonyl (C=O) groups is 2. The summed E-state index contributed by atoms with van der Waals surface area (Å²) in [6.07, 6.45) is 6.36. The van der Waals surface area contributed by atoms with Crippen LogP contribution in [0.1, 0.15) is 39.0 Å². The molecule has 1 aromatic rings. The van der Waals surface area contributed by atoms with E-state index in [1.54, 1.807) is 12.1 Å². The van der Waals surface area contributed by atoms with E-state index in [0.29, 0.717) is 28.7 Å². The molecule has 0 saturated carbocycles. The Bertz CT molecular complexity index is 661. The van der Waals surface area contributed by atoms with E-state index < -0.39 is 11.9 Å². The van der Waals surface area contributed by atoms with E-state index >= 15 is 0 Å². The molecule has 2 rings (SSSR count). The zero-order valence-corrected chi connectivity index (χ0v) is 19.0. The van der Waals surface area contributed by atoms with Gasteiger partial charge in [-0.1, -0.05) is 43.0 Å². The number of ether oxygens (including phenoxy) is 2. The summed E-state index contributed by atoms with van der Waals surface area (Å²) in [7, 11) is 1.83. The monoisotopic (exact) mass is 463 g/mol. The van der Waals surface area contributed by atoms with Gasteiger partial charge in [-0.05, 0) is 50.4 Å². The minimum absolute atomic E-state index is 0.304. The Hall–Kier alpha value is -1.54. The van der Waals surface area contributed by atoms with Crippen molar-refractivity contribution in [3.8, 4) is 5.75 Å². The van der Waals surface area contributed by atoms with Crippen LogP contribution in [0, 0.1) is 5.92 Å². The second kappa shape index (κ2) is 14.5. The van der Waals surface area contributed by atoms with E-state index in [2.05, 4.69) is 11.8 Å². The third-order valence-electron chi connectivity index (χ3n) is 4.99. The highest BCUT2D eigenvalue weighted by atomic mass is 35.5. The molecular formula is C21H31Cl2NO6. The predicted octanol–water partition coefficient (Wildman–Crippen LogP) is 4.45. The van der Waals surface area contributed by atoms with Crippen molar-refractivity contribution in [2.45, 2.75) is 45.1 Å². The summed E-state index contributed by atoms with van der Waals surface area (Å²) in [6.45, 7) is 6.33. The highest BCUT2D eigenvalue weighted by Crippen LogP contribution is 2.28. The molecule has 9 heteroatoms. The minimum atomic E-state index is -1.82. The molecule has 0 spiro atoms. The van der Waals surface area contributed by atoms with Crippen LogP contribution in [0.4, 0.5) is 0 Å². The van der Waals surface area contributed by atoms with E-state index in [0.717, 1.165) is 18.7 Å². The second-order valence-corrected chi connectivity index (χ2v) is 7.97. The van der Waals surface area contributed by atoms with Crippen LogP contribution in [0.25, 0.3) is 0 Å². The Morgan fingerprint density at radius 1 is 1.17 bits per heavy atom. The van der Waals surface area contributed by atoms with Crippen LogP contribution < -0.4 is 4.74 Å². The molecule has 1 aliphatic heterocycles. The molecule has 1 aliphatic rings. The molecule has 0 bridgehead atoms. The molecule has 0 radical (unpaired) electrons. The molecule has 30 heavy (non-hydrogen) atoms. The zero-order valence-electron chi connectivity index (χ0n) is 17.5. The van der Waals surface area contributed by atoms with Gasteiger partial charge in [-0.15, -0.1) is 0 Å². The number of unbranched alkanes of at least 4 members (excludes halogenated alkanes) is 2. The SMILES string of the molecule is CCCCCN1CC[C@H](CCOc2ccc(Cl)c(Cl)c2)[C@@H](OC)C1.O=C(O)C(=O)O. The number of nitrogens with zero attached hydrogens (tertiary/aromatic N) is 1. The molecule has 170 valence electrons. The fourth-order valence-electron chi connectivity index (χ4n) is 3.31. The van der Waals surface area contributed by atoms with Gasteiger partial charge in [0.05, 0.1) is 22.8 Å². The van der Waals surface area contributed by atoms with Crippen molar-refractivity contribution in [2.24, 2.45) is 5.92 Å². The number of likely N-dealkylation sites (tertiary alicyclic amines) is 1. The number of carboxylic acids is 2. The Balaban J connectivity index is 0.000000656. The normalized spacial score (nSPS) is 18.9. The largest absolute Gasteiger partial charge is 0.494 e. The van der Waals surface area contributed by atoms with Crippen LogP contribution in [0.2, 0.25) is 10.0 Å². The fourth-order valence-corrected chi connectivity index (χ4v) is 3.60. The highest BCUT2D eigenvalue weighted by Gasteiger charge is 2.28. The number of carboxylic acid groups (broad SMARTS) is 2. The lowest BCUT2D eigenvalue weighted by molar-refractivity contribution is -0.159. The number of halogens is 2. The molecule has 2 atom stereocenters. The molecule has 7 nitrogen and oxygen atoms in total. The van der Waals surface area contributed by atoms with Crippen molar-refractivity contribution in [1.82, 2.24) is 4.90 Å². The van der Waals surface area contributed by atoms with Gasteiger partial charge in [-0.3, -0.25) is 0 Å². The van der Waals surface area contributed by atoms with E-state index in [9.17, 15) is 0 Å². The highest BCUT2D eigenvalue weighted by molar-refractivity contribution is 6.42. The van der Waals surface area contributed by atoms with Crippen LogP contribution >= 0.6 is 23.2 Å². The minimum Gasteiger partial charge on any atom is -0.494 e. The Morgan fingerprint density at radius 3 is 2.43 bits per heavy atom. The predicted molar refractivity (Wildman–Crippen MR) is 117 cm³/mol. The van der Waals surface area contributed by atoms with Crippen LogP contribution in [-0.4, -0.2) is 66.5 Å². The average Bonchev–Trinajstić information content (AvgIpc) is 2.72. The van der Waals surface area contributed by atoms with Crippen LogP contribution in [-0.2, 0) is 14.3 Å². The standard InChI is InChI=1S/C19H29Cl2NO2.C2H2O4/c1-3-4-5-10-22-11-8-15(19(14-22)23-2)9-12-24-16-6-7-17(20)18(21)13-16;3-1(4)2(5)6/h6-7,13,15,19H,3-5,8-12,14H2,1-2H3;(H,3,4)(H,5,6)/t15-,19+;/m1./s1. The van der Waals surface area contributed by atoms with Crippen molar-refractivity contribution in [3.63, 3.8) is 0 Å². The third-order valence-corrected chi connectivity index (χ3v) is 5.73. The first kappa shape index (κ1) is 26.5. The molecule has 1 fully saturated rings. The van der Waals surface area contributed by atoms with E-state index in [1.165, 1.54) is 38.8 Å². The summed E-state index contributed by atoms with van der Waals surface area (Å²) in [6, 6.07) is 5.40. The molecule has 0 amide bonds. The Morgan fingerprint density at radius 2 is 1.87 bits per heavy atom. The average molecular weight is 464 g/mol. The van der Waals surface area contributed by atoms with Gasteiger partial charge in [-0.2, -0.15) is 0 Å². The van der Waals surface area contributed by atoms with Gasteiger partial charge >= 0.3 is 11.9 Å². The van der Waals surface area contributed by atoms with Crippen molar-refractivity contribution < 1.29 is 29.3 Å². The summed E-state index contributed by atoms with van der Waals surface area (Å²) >= 11 is 11.9. The van der Waals surface area contributed by atoms with Gasteiger partial charge in [0.2, 0.25) is 0 Å². The molecule has 0 aromatic heterocycles. The first-order valence-electron chi connectivity index (χ1n) is 10.1. The van der Waals surface area contributed by atoms with E-state index in [-0.39, 0.29) is 0 Å². The van der Waals surface area contributed by atoms with Crippen LogP contribution in [0.15, 0.2) is 18.2 Å². The van der Waals surface area contributed by atoms with Crippen molar-refractivity contribution in [1.29, 1.82) is 0 Å². The Labute approximate surface area is 187 Å². The lowest BCUT2D eigenvalue weighted by atomic mass is 9.91. The van der Waals surface area contributed by atoms with Crippen molar-refractivity contribution in [3.05, 3.63) is 28.2 Å². The number of hydrogen-bond acceptors (Lipinski definition) is 5. The maximum Gasteiger partial charge on any atom is 0.414 e. The first-order valence-corrected chi connectivity index (χ1v) is 10.8. The third kappa shape index (κ3) is 9.98. The van der Waals surface area contributed by atoms with Gasteiger partial charge in [0.25, 0.3) is 0 Å². The number of piperidine rings is 1. The molecule has 1 aromatic carbocycles. The topological polar surface area (TPSA) is 96.3 Å². The van der Waals surface area contributed by atoms with Crippen LogP contribution in [0.3, 0.4) is 0 Å². The molecule has 0 aliphatic carbocycles. The van der Waals surface area contributed by atoms with E-state index in [4.69, 9.17) is 52.5 Å². The first-order chi connectivity index (χ1) is 14.3. The van der Waals surface area contributed by atoms with Gasteiger partial charge in [0.15, 0.2) is 0 Å². The van der Waals surface area contributed by atoms with Gasteiger partial charge < -0.3 is 24.6 Å². The van der Waals surface area contributed by atoms with Gasteiger partial charge in [-0.25, -0.2) is 9.59 Å². The maximum atomic E-state index is 9.10. The fraction of sp³-hybridized carbons (Fsp3) is 0.619. The van der Waals surface area contributed by atoms with Crippen LogP contribution in [0.5, 0.6) is 5.75 Å². The summed E-state index contributed by atoms with van der Waals surface area (Å²) in [4.78, 5) is 20.7. The van der Waals surface area contributed by atoms with Crippen molar-refractivity contribution in [2.75, 3.05) is 33.4 Å². The summed E-state index contributed by atoms with van der Waals surface area (Å²) in [5, 5.41) is 15.9. The molecule has 2 N–H and O–H groups in total. The number of rotatable bonds is 9. The van der Waals surface area contributed by atoms with Gasteiger partial charge in [0, 0.05) is 19.7 Å². The molecular weight excluding hydrogens is 433 g/mol. The number of benzene rings is 1. The van der Waals surface area contributed by atoms with Crippen molar-refractivity contribution >= 4 is 35.1 Å². The maximum absolute atomic E-state index is 9.10. The lowest BCUT2D eigenvalue weighted by Crippen LogP contribution is -2.45. The zero-order chi connectivity index (χ0) is 22.5. The lowest BCUT2D eigenvalue weighted by Gasteiger charge is -2.37. The van der Waals surface area contributed by atoms with Gasteiger partial charge in [0.1, 0.15) is 5.75 Å². The quantitative estimate of drug-likeness (QED) is 0.412. The molecule has 0 unspecified atom stereocenters. The number of methoxy groups -OCH3 is 1. The number of aliphatic carboxylic acids is 2. The molecule has 1 saturated heterocycles.